The Bertz CT molecular complexity index is 1280. The Morgan fingerprint density at radius 2 is 2.06 bits per heavy atom. The number of nitrogens with one attached hydrogen (secondary N) is 1. The van der Waals surface area contributed by atoms with Crippen molar-refractivity contribution in [2.45, 2.75) is 12.1 Å². The van der Waals surface area contributed by atoms with Gasteiger partial charge in [-0.1, -0.05) is 17.8 Å². The molecular formula is C21H15FN6O2S. The van der Waals surface area contributed by atoms with Gasteiger partial charge in [-0.15, -0.1) is 10.2 Å². The summed E-state index contributed by atoms with van der Waals surface area (Å²) in [5.74, 6) is -0.460. The molecule has 0 fully saturated rings. The average molecular weight is 434 g/mol. The third-order valence-electron chi connectivity index (χ3n) is 4.29. The quantitative estimate of drug-likeness (QED) is 0.457. The van der Waals surface area contributed by atoms with Crippen molar-refractivity contribution in [3.63, 3.8) is 0 Å². The second-order valence-electron chi connectivity index (χ2n) is 6.50. The van der Waals surface area contributed by atoms with Gasteiger partial charge in [-0.3, -0.25) is 4.79 Å². The van der Waals surface area contributed by atoms with Crippen LogP contribution in [-0.2, 0) is 4.79 Å². The smallest absolute Gasteiger partial charge is 0.277 e. The van der Waals surface area contributed by atoms with Gasteiger partial charge in [0.2, 0.25) is 5.91 Å². The zero-order valence-corrected chi connectivity index (χ0v) is 17.1. The van der Waals surface area contributed by atoms with Gasteiger partial charge in [0, 0.05) is 17.6 Å². The zero-order chi connectivity index (χ0) is 21.8. The zero-order valence-electron chi connectivity index (χ0n) is 16.2. The van der Waals surface area contributed by atoms with Crippen molar-refractivity contribution in [2.24, 2.45) is 0 Å². The van der Waals surface area contributed by atoms with Crippen molar-refractivity contribution in [3.8, 4) is 23.3 Å². The lowest BCUT2D eigenvalue weighted by molar-refractivity contribution is -0.113. The molecule has 154 valence electrons. The van der Waals surface area contributed by atoms with Crippen LogP contribution >= 0.6 is 11.8 Å². The maximum atomic E-state index is 13.6. The van der Waals surface area contributed by atoms with E-state index in [1.165, 1.54) is 6.07 Å². The first-order valence-corrected chi connectivity index (χ1v) is 10.1. The topological polar surface area (TPSA) is 110 Å². The van der Waals surface area contributed by atoms with Gasteiger partial charge in [-0.2, -0.15) is 5.26 Å². The Labute approximate surface area is 180 Å². The van der Waals surface area contributed by atoms with Gasteiger partial charge in [0.05, 0.1) is 17.4 Å². The Balaban J connectivity index is 1.37. The van der Waals surface area contributed by atoms with E-state index < -0.39 is 0 Å². The number of carbonyl (C=O) groups is 1. The third kappa shape index (κ3) is 4.79. The van der Waals surface area contributed by atoms with E-state index in [1.807, 2.05) is 0 Å². The summed E-state index contributed by atoms with van der Waals surface area (Å²) < 4.78 is 20.9. The van der Waals surface area contributed by atoms with Crippen LogP contribution in [0.3, 0.4) is 0 Å². The number of carbonyl (C=O) groups excluding carboxylic acids is 1. The minimum absolute atomic E-state index is 0.0246. The predicted molar refractivity (Wildman–Crippen MR) is 112 cm³/mol. The van der Waals surface area contributed by atoms with Crippen LogP contribution in [0, 0.1) is 24.1 Å². The van der Waals surface area contributed by atoms with Crippen molar-refractivity contribution >= 4 is 23.4 Å². The summed E-state index contributed by atoms with van der Waals surface area (Å²) >= 11 is 1.07. The van der Waals surface area contributed by atoms with Crippen molar-refractivity contribution < 1.29 is 13.6 Å². The molecule has 0 spiro atoms. The number of benzene rings is 2. The molecule has 4 aromatic rings. The fraction of sp³-hybridized carbons (Fsp3) is 0.0952. The molecule has 1 amide bonds. The number of anilines is 1. The summed E-state index contributed by atoms with van der Waals surface area (Å²) in [4.78, 5) is 16.3. The monoisotopic (exact) mass is 434 g/mol. The van der Waals surface area contributed by atoms with E-state index in [1.54, 1.807) is 60.4 Å². The molecule has 0 unspecified atom stereocenters. The fourth-order valence-electron chi connectivity index (χ4n) is 2.65. The number of imidazole rings is 1. The standard InChI is InChI=1S/C21H15FN6O2S/c1-13-2-5-15(8-17(13)22)25-19(29)11-31-21-27-26-20(30-21)18-10-28(12-24-18)16-6-3-14(9-23)4-7-16/h2-8,10,12H,11H2,1H3,(H,25,29). The second kappa shape index (κ2) is 8.81. The highest BCUT2D eigenvalue weighted by atomic mass is 32.2. The highest BCUT2D eigenvalue weighted by molar-refractivity contribution is 7.99. The predicted octanol–water partition coefficient (Wildman–Crippen LogP) is 3.97. The molecule has 1 N–H and O–H groups in total. The number of rotatable bonds is 6. The number of halogens is 1. The largest absolute Gasteiger partial charge is 0.410 e. The maximum absolute atomic E-state index is 13.6. The van der Waals surface area contributed by atoms with E-state index >= 15 is 0 Å². The van der Waals surface area contributed by atoms with E-state index in [9.17, 15) is 9.18 Å². The summed E-state index contributed by atoms with van der Waals surface area (Å²) in [5.41, 5.74) is 2.76. The molecule has 2 heterocycles. The van der Waals surface area contributed by atoms with Crippen molar-refractivity contribution in [1.29, 1.82) is 5.26 Å². The molecule has 0 saturated carbocycles. The minimum Gasteiger partial charge on any atom is -0.410 e. The second-order valence-corrected chi connectivity index (χ2v) is 7.43. The van der Waals surface area contributed by atoms with Crippen LogP contribution in [0.2, 0.25) is 0 Å². The molecule has 0 atom stereocenters. The average Bonchev–Trinajstić information content (AvgIpc) is 3.45. The van der Waals surface area contributed by atoms with E-state index in [4.69, 9.17) is 9.68 Å². The number of aryl methyl sites for hydroxylation is 1. The van der Waals surface area contributed by atoms with Crippen LogP contribution < -0.4 is 5.32 Å². The summed E-state index contributed by atoms with van der Waals surface area (Å²) in [6.07, 6.45) is 3.32. The molecule has 10 heteroatoms. The lowest BCUT2D eigenvalue weighted by Gasteiger charge is -2.05. The number of nitrogens with zero attached hydrogens (tertiary/aromatic N) is 5. The van der Waals surface area contributed by atoms with Crippen molar-refractivity contribution in [2.75, 3.05) is 11.1 Å². The van der Waals surface area contributed by atoms with Gasteiger partial charge >= 0.3 is 0 Å². The molecule has 0 aliphatic carbocycles. The molecule has 2 aromatic carbocycles. The Hall–Kier alpha value is -3.97. The molecule has 31 heavy (non-hydrogen) atoms. The SMILES string of the molecule is Cc1ccc(NC(=O)CSc2nnc(-c3cn(-c4ccc(C#N)cc4)cn3)o2)cc1F. The van der Waals surface area contributed by atoms with Crippen LogP contribution in [0.1, 0.15) is 11.1 Å². The molecular weight excluding hydrogens is 419 g/mol. The summed E-state index contributed by atoms with van der Waals surface area (Å²) in [5, 5.41) is 19.6. The van der Waals surface area contributed by atoms with Crippen LogP contribution in [0.25, 0.3) is 17.3 Å². The molecule has 0 saturated heterocycles. The lowest BCUT2D eigenvalue weighted by atomic mass is 10.2. The number of aromatic nitrogens is 4. The van der Waals surface area contributed by atoms with Crippen LogP contribution in [0.4, 0.5) is 10.1 Å². The summed E-state index contributed by atoms with van der Waals surface area (Å²) in [6.45, 7) is 1.65. The number of hydrogen-bond donors (Lipinski definition) is 1. The molecule has 0 aliphatic rings. The highest BCUT2D eigenvalue weighted by Gasteiger charge is 2.14. The number of hydrogen-bond acceptors (Lipinski definition) is 7. The molecule has 0 bridgehead atoms. The number of amides is 1. The first kappa shape index (κ1) is 20.3. The molecule has 0 aliphatic heterocycles. The van der Waals surface area contributed by atoms with E-state index in [2.05, 4.69) is 26.6 Å². The van der Waals surface area contributed by atoms with Crippen LogP contribution in [-0.4, -0.2) is 31.4 Å². The fourth-order valence-corrected chi connectivity index (χ4v) is 3.21. The van der Waals surface area contributed by atoms with E-state index in [0.717, 1.165) is 17.4 Å². The van der Waals surface area contributed by atoms with Gasteiger partial charge in [0.1, 0.15) is 17.8 Å². The van der Waals surface area contributed by atoms with Gasteiger partial charge in [-0.25, -0.2) is 9.37 Å². The number of thioether (sulfide) groups is 1. The van der Waals surface area contributed by atoms with Crippen LogP contribution in [0.15, 0.2) is 64.6 Å². The Morgan fingerprint density at radius 1 is 1.26 bits per heavy atom. The van der Waals surface area contributed by atoms with Crippen molar-refractivity contribution in [3.05, 3.63) is 71.9 Å². The molecule has 4 rings (SSSR count). The van der Waals surface area contributed by atoms with Gasteiger partial charge in [0.15, 0.2) is 0 Å². The lowest BCUT2D eigenvalue weighted by Crippen LogP contribution is -2.14. The first-order chi connectivity index (χ1) is 15.0. The normalized spacial score (nSPS) is 10.6. The highest BCUT2D eigenvalue weighted by Crippen LogP contribution is 2.23. The first-order valence-electron chi connectivity index (χ1n) is 9.09. The Kier molecular flexibility index (Phi) is 5.77. The van der Waals surface area contributed by atoms with E-state index in [0.29, 0.717) is 22.5 Å². The third-order valence-corrected chi connectivity index (χ3v) is 5.10. The minimum atomic E-state index is -0.382. The molecule has 0 radical (unpaired) electrons. The van der Waals surface area contributed by atoms with Gasteiger partial charge < -0.3 is 14.3 Å². The summed E-state index contributed by atoms with van der Waals surface area (Å²) in [6, 6.07) is 13.6. The van der Waals surface area contributed by atoms with Gasteiger partial charge in [0.25, 0.3) is 11.1 Å². The van der Waals surface area contributed by atoms with E-state index in [-0.39, 0.29) is 28.6 Å². The van der Waals surface area contributed by atoms with Crippen LogP contribution in [0.5, 0.6) is 0 Å². The van der Waals surface area contributed by atoms with Gasteiger partial charge in [-0.05, 0) is 48.9 Å². The summed E-state index contributed by atoms with van der Waals surface area (Å²) in [7, 11) is 0. The number of nitriles is 1. The Morgan fingerprint density at radius 3 is 2.81 bits per heavy atom. The maximum Gasteiger partial charge on any atom is 0.277 e. The van der Waals surface area contributed by atoms with Crippen molar-refractivity contribution in [1.82, 2.24) is 19.7 Å². The molecule has 2 aromatic heterocycles. The molecule has 8 nitrogen and oxygen atoms in total.